The Morgan fingerprint density at radius 1 is 1.14 bits per heavy atom. The van der Waals surface area contributed by atoms with E-state index in [4.69, 9.17) is 16.6 Å². The Morgan fingerprint density at radius 3 is 2.67 bits per heavy atom. The molecule has 2 aliphatic rings. The molecule has 36 heavy (non-hydrogen) atoms. The van der Waals surface area contributed by atoms with Gasteiger partial charge in [0.15, 0.2) is 0 Å². The van der Waals surface area contributed by atoms with E-state index in [0.29, 0.717) is 29.0 Å². The zero-order valence-electron chi connectivity index (χ0n) is 20.8. The van der Waals surface area contributed by atoms with Crippen LogP contribution in [0.2, 0.25) is 5.02 Å². The van der Waals surface area contributed by atoms with Crippen LogP contribution in [-0.2, 0) is 4.79 Å². The molecule has 0 radical (unpaired) electrons. The number of amides is 1. The quantitative estimate of drug-likeness (QED) is 0.432. The number of anilines is 4. The summed E-state index contributed by atoms with van der Waals surface area (Å²) < 4.78 is 0. The van der Waals surface area contributed by atoms with E-state index >= 15 is 0 Å². The predicted molar refractivity (Wildman–Crippen MR) is 146 cm³/mol. The van der Waals surface area contributed by atoms with Crippen LogP contribution in [0, 0.1) is 0 Å². The molecule has 9 nitrogen and oxygen atoms in total. The van der Waals surface area contributed by atoms with E-state index < -0.39 is 0 Å². The number of likely N-dealkylation sites (tertiary alicyclic amines) is 1. The van der Waals surface area contributed by atoms with Crippen LogP contribution in [-0.4, -0.2) is 83.0 Å². The van der Waals surface area contributed by atoms with Crippen LogP contribution in [0.5, 0.6) is 0 Å². The minimum Gasteiger partial charge on any atom is -0.369 e. The van der Waals surface area contributed by atoms with E-state index in [9.17, 15) is 4.79 Å². The van der Waals surface area contributed by atoms with Gasteiger partial charge in [-0.1, -0.05) is 17.7 Å². The number of H-pyrrole nitrogens is 1. The minimum atomic E-state index is 0.0406. The van der Waals surface area contributed by atoms with Crippen LogP contribution in [0.15, 0.2) is 42.6 Å². The Hall–Kier alpha value is -3.30. The van der Waals surface area contributed by atoms with Crippen LogP contribution < -0.4 is 15.5 Å². The number of hydrogen-bond acceptors (Lipinski definition) is 7. The standard InChI is InChI=1S/C26H33ClN8O/c1-3-5-22(36)35-11-4-6-19(17-35)29-25-23-21(27)16-28-24(23)31-26(32-25)30-18-7-9-20(10-8-18)34-14-12-33(2)13-15-34/h3,5,7-10,16,19H,4,6,11-15,17H2,1-2H3,(H3,28,29,30,31,32)/b5-3+/t19-/m1/s1. The Labute approximate surface area is 216 Å². The van der Waals surface area contributed by atoms with E-state index in [1.54, 1.807) is 18.3 Å². The molecule has 10 heteroatoms. The van der Waals surface area contributed by atoms with Crippen molar-refractivity contribution < 1.29 is 4.79 Å². The van der Waals surface area contributed by atoms with Crippen molar-refractivity contribution in [3.63, 3.8) is 0 Å². The first-order valence-corrected chi connectivity index (χ1v) is 12.9. The summed E-state index contributed by atoms with van der Waals surface area (Å²) in [6.45, 7) is 7.46. The zero-order valence-corrected chi connectivity index (χ0v) is 21.6. The molecule has 2 saturated heterocycles. The summed E-state index contributed by atoms with van der Waals surface area (Å²) in [5.74, 6) is 1.18. The average molecular weight is 509 g/mol. The molecule has 0 bridgehead atoms. The number of halogens is 1. The first-order valence-electron chi connectivity index (χ1n) is 12.5. The molecule has 1 atom stereocenters. The van der Waals surface area contributed by atoms with Gasteiger partial charge in [-0.05, 0) is 57.2 Å². The van der Waals surface area contributed by atoms with Crippen molar-refractivity contribution in [1.29, 1.82) is 0 Å². The van der Waals surface area contributed by atoms with Gasteiger partial charge < -0.3 is 30.3 Å². The highest BCUT2D eigenvalue weighted by atomic mass is 35.5. The molecule has 1 aromatic carbocycles. The van der Waals surface area contributed by atoms with E-state index in [2.05, 4.69) is 61.7 Å². The van der Waals surface area contributed by atoms with Crippen molar-refractivity contribution >= 4 is 51.7 Å². The highest BCUT2D eigenvalue weighted by molar-refractivity contribution is 6.36. The summed E-state index contributed by atoms with van der Waals surface area (Å²) in [4.78, 5) is 31.6. The van der Waals surface area contributed by atoms with E-state index in [1.165, 1.54) is 5.69 Å². The van der Waals surface area contributed by atoms with Gasteiger partial charge in [-0.3, -0.25) is 4.79 Å². The first kappa shape index (κ1) is 24.4. The predicted octanol–water partition coefficient (Wildman–Crippen LogP) is 4.09. The second kappa shape index (κ2) is 10.8. The van der Waals surface area contributed by atoms with Crippen molar-refractivity contribution in [3.8, 4) is 0 Å². The van der Waals surface area contributed by atoms with Crippen molar-refractivity contribution in [2.75, 3.05) is 61.8 Å². The van der Waals surface area contributed by atoms with Crippen molar-refractivity contribution in [3.05, 3.63) is 47.6 Å². The number of nitrogens with zero attached hydrogens (tertiary/aromatic N) is 5. The zero-order chi connectivity index (χ0) is 25.1. The maximum Gasteiger partial charge on any atom is 0.246 e. The van der Waals surface area contributed by atoms with Gasteiger partial charge in [0.2, 0.25) is 11.9 Å². The Kier molecular flexibility index (Phi) is 7.29. The lowest BCUT2D eigenvalue weighted by atomic mass is 10.1. The van der Waals surface area contributed by atoms with Gasteiger partial charge in [-0.2, -0.15) is 9.97 Å². The summed E-state index contributed by atoms with van der Waals surface area (Å²) in [5.41, 5.74) is 2.79. The molecular formula is C26H33ClN8O. The molecule has 4 heterocycles. The van der Waals surface area contributed by atoms with Crippen molar-refractivity contribution in [2.24, 2.45) is 0 Å². The molecule has 0 aliphatic carbocycles. The van der Waals surface area contributed by atoms with Crippen LogP contribution >= 0.6 is 11.6 Å². The summed E-state index contributed by atoms with van der Waals surface area (Å²) in [6, 6.07) is 8.46. The molecule has 0 spiro atoms. The Balaban J connectivity index is 1.33. The summed E-state index contributed by atoms with van der Waals surface area (Å²) in [7, 11) is 2.16. The number of aromatic nitrogens is 3. The van der Waals surface area contributed by atoms with Gasteiger partial charge in [-0.25, -0.2) is 0 Å². The lowest BCUT2D eigenvalue weighted by Crippen LogP contribution is -2.44. The number of rotatable bonds is 6. The number of carbonyl (C=O) groups is 1. The smallest absolute Gasteiger partial charge is 0.246 e. The number of carbonyl (C=O) groups excluding carboxylic acids is 1. The lowest BCUT2D eigenvalue weighted by molar-refractivity contribution is -0.127. The molecule has 1 amide bonds. The maximum absolute atomic E-state index is 12.4. The van der Waals surface area contributed by atoms with Crippen molar-refractivity contribution in [1.82, 2.24) is 24.8 Å². The number of piperidine rings is 1. The normalized spacial score (nSPS) is 19.2. The third-order valence-electron chi connectivity index (χ3n) is 6.86. The van der Waals surface area contributed by atoms with Crippen LogP contribution in [0.1, 0.15) is 19.8 Å². The number of likely N-dealkylation sites (N-methyl/N-ethyl adjacent to an activating group) is 1. The number of nitrogens with one attached hydrogen (secondary N) is 3. The fourth-order valence-corrected chi connectivity index (χ4v) is 5.08. The number of fused-ring (bicyclic) bond motifs is 1. The van der Waals surface area contributed by atoms with Gasteiger partial charge in [0.05, 0.1) is 10.4 Å². The minimum absolute atomic E-state index is 0.0406. The maximum atomic E-state index is 12.4. The monoisotopic (exact) mass is 508 g/mol. The van der Waals surface area contributed by atoms with E-state index in [0.717, 1.165) is 56.6 Å². The number of aromatic amines is 1. The lowest BCUT2D eigenvalue weighted by Gasteiger charge is -2.34. The van der Waals surface area contributed by atoms with Gasteiger partial charge in [0.25, 0.3) is 0 Å². The molecule has 2 aromatic heterocycles. The fourth-order valence-electron chi connectivity index (χ4n) is 4.84. The third kappa shape index (κ3) is 5.42. The number of benzene rings is 1. The second-order valence-electron chi connectivity index (χ2n) is 9.49. The van der Waals surface area contributed by atoms with Gasteiger partial charge in [0, 0.05) is 62.9 Å². The van der Waals surface area contributed by atoms with Gasteiger partial charge in [0.1, 0.15) is 11.5 Å². The third-order valence-corrected chi connectivity index (χ3v) is 7.16. The summed E-state index contributed by atoms with van der Waals surface area (Å²) >= 11 is 6.48. The molecule has 0 unspecified atom stereocenters. The molecular weight excluding hydrogens is 476 g/mol. The molecule has 2 aliphatic heterocycles. The highest BCUT2D eigenvalue weighted by Crippen LogP contribution is 2.31. The van der Waals surface area contributed by atoms with Crippen LogP contribution in [0.3, 0.4) is 0 Å². The van der Waals surface area contributed by atoms with E-state index in [-0.39, 0.29) is 11.9 Å². The SMILES string of the molecule is C/C=C/C(=O)N1CCC[C@@H](Nc2nc(Nc3ccc(N4CCN(C)CC4)cc3)nc3[nH]cc(Cl)c23)C1. The van der Waals surface area contributed by atoms with Crippen molar-refractivity contribution in [2.45, 2.75) is 25.8 Å². The number of piperazine rings is 1. The van der Waals surface area contributed by atoms with Crippen LogP contribution in [0.4, 0.5) is 23.1 Å². The summed E-state index contributed by atoms with van der Waals surface area (Å²) in [5, 5.41) is 8.19. The van der Waals surface area contributed by atoms with E-state index in [1.807, 2.05) is 11.8 Å². The topological polar surface area (TPSA) is 92.4 Å². The number of allylic oxidation sites excluding steroid dienone is 1. The molecule has 5 rings (SSSR count). The molecule has 3 aromatic rings. The first-order chi connectivity index (χ1) is 17.5. The molecule has 2 fully saturated rings. The van der Waals surface area contributed by atoms with Gasteiger partial charge in [-0.15, -0.1) is 0 Å². The fraction of sp³-hybridized carbons (Fsp3) is 0.423. The summed E-state index contributed by atoms with van der Waals surface area (Å²) in [6.07, 6.45) is 7.00. The second-order valence-corrected chi connectivity index (χ2v) is 9.89. The highest BCUT2D eigenvalue weighted by Gasteiger charge is 2.24. The molecule has 3 N–H and O–H groups in total. The molecule has 190 valence electrons. The molecule has 0 saturated carbocycles. The Bertz CT molecular complexity index is 1230. The Morgan fingerprint density at radius 2 is 1.92 bits per heavy atom. The van der Waals surface area contributed by atoms with Crippen LogP contribution in [0.25, 0.3) is 11.0 Å². The number of hydrogen-bond donors (Lipinski definition) is 3. The largest absolute Gasteiger partial charge is 0.369 e. The van der Waals surface area contributed by atoms with Gasteiger partial charge >= 0.3 is 0 Å². The average Bonchev–Trinajstić information content (AvgIpc) is 3.26.